The van der Waals surface area contributed by atoms with Gasteiger partial charge in [0.15, 0.2) is 5.60 Å². The van der Waals surface area contributed by atoms with Crippen molar-refractivity contribution in [2.45, 2.75) is 283 Å². The van der Waals surface area contributed by atoms with Crippen LogP contribution in [0.5, 0.6) is 0 Å². The Bertz CT molecular complexity index is 2910. The van der Waals surface area contributed by atoms with E-state index in [0.29, 0.717) is 0 Å². The van der Waals surface area contributed by atoms with Gasteiger partial charge < -0.3 is 44.9 Å². The number of esters is 2. The van der Waals surface area contributed by atoms with Gasteiger partial charge >= 0.3 is 150 Å². The topological polar surface area (TPSA) is 284 Å². The summed E-state index contributed by atoms with van der Waals surface area (Å²) in [6.07, 6.45) is 7.92. The maximum atomic E-state index is 13.1. The smallest absolute Gasteiger partial charge is 0.418 e. The number of carbonyl (C=O) groups excluding carboxylic acids is 2. The molecule has 0 radical (unpaired) electrons. The van der Waals surface area contributed by atoms with Crippen molar-refractivity contribution in [3.8, 4) is 12.1 Å². The Morgan fingerprint density at radius 3 is 1.38 bits per heavy atom. The van der Waals surface area contributed by atoms with Gasteiger partial charge in [-0.25, -0.2) is 19.2 Å². The van der Waals surface area contributed by atoms with Crippen LogP contribution in [-0.2, 0) is 65.9 Å². The van der Waals surface area contributed by atoms with Crippen molar-refractivity contribution in [2.75, 3.05) is 20.3 Å². The third-order valence-corrected chi connectivity index (χ3v) is 49.5. The molecule has 2 aromatic rings. The second-order valence-electron chi connectivity index (χ2n) is 27.0. The van der Waals surface area contributed by atoms with E-state index in [4.69, 9.17) is 40.1 Å². The minimum absolute atomic E-state index is 0.0134. The van der Waals surface area contributed by atoms with E-state index in [1.54, 1.807) is 13.3 Å². The summed E-state index contributed by atoms with van der Waals surface area (Å²) in [7, 11) is -11.0. The molecule has 498 valence electrons. The predicted octanol–water partition coefficient (Wildman–Crippen LogP) is 10.9. The molecule has 0 bridgehead atoms. The number of aromatic nitrogens is 4. The fourth-order valence-electron chi connectivity index (χ4n) is 13.4. The summed E-state index contributed by atoms with van der Waals surface area (Å²) in [6, 6.07) is 6.47. The van der Waals surface area contributed by atoms with Crippen molar-refractivity contribution >= 4 is 65.9 Å². The largest absolute Gasteiger partial charge is 0.461 e. The summed E-state index contributed by atoms with van der Waals surface area (Å²) < 4.78 is 72.0. The molecule has 0 spiro atoms. The van der Waals surface area contributed by atoms with Crippen LogP contribution in [0.4, 0.5) is 0 Å². The van der Waals surface area contributed by atoms with Crippen molar-refractivity contribution < 1.29 is 54.5 Å². The first-order chi connectivity index (χ1) is 41.1. The van der Waals surface area contributed by atoms with Crippen LogP contribution < -0.4 is 22.5 Å². The molecule has 27 heteroatoms. The normalized spacial score (nSPS) is 27.1. The number of carbonyl (C=O) groups is 2. The number of nitriles is 2. The minimum Gasteiger partial charge on any atom is -0.461 e. The number of hydrogen-bond acceptors (Lipinski definition) is 18. The third kappa shape index (κ3) is 15.5. The third-order valence-electron chi connectivity index (χ3n) is 18.5. The van der Waals surface area contributed by atoms with Crippen molar-refractivity contribution in [3.05, 3.63) is 66.2 Å². The Morgan fingerprint density at radius 1 is 0.614 bits per heavy atom. The Balaban J connectivity index is 0.000000317. The minimum atomic E-state index is -3.35. The zero-order valence-corrected chi connectivity index (χ0v) is 64.3. The van der Waals surface area contributed by atoms with Gasteiger partial charge in [-0.2, -0.15) is 10.5 Å². The van der Waals surface area contributed by atoms with E-state index in [-0.39, 0.29) is 57.5 Å². The standard InChI is InChI=1S/C26H41N3O10Si2.C23H39N3O6Si2.3C4H9.Sn.H/c1-15(2)40(16(3)4)35-13-19-21(38-41(39-40,17(5)6)18(7)8)25(9,37-23(32)22(31)34-10)26(14-27,36-19)29-12-11-20(30)28-24(29)33;1-14(2)33(15(3)4)29-12-19-21(31-34(32-33,16(5)6)17(7)8)18(9)23(13-24,30-19)26-11-10-20(27)25-22(26)28;3*1-3-4-2;;/h11-12,15-19,21H,13H2,1-10H3,(H,28,30,33);10-11,14-19,21H,12H2,1-9H3,(H,25,27,28);3*1,3-4H2,2H3;;/t19-,21-,25-,26-;18-,19+,21-,23+;;;;;/m10...../s1. The van der Waals surface area contributed by atoms with E-state index in [1.165, 1.54) is 57.7 Å². The van der Waals surface area contributed by atoms with Crippen LogP contribution in [0.3, 0.4) is 0 Å². The average molecular weight is 1410 g/mol. The van der Waals surface area contributed by atoms with Crippen LogP contribution in [0.25, 0.3) is 0 Å². The number of nitrogens with zero attached hydrogens (tertiary/aromatic N) is 4. The fourth-order valence-corrected chi connectivity index (χ4v) is 46.9. The van der Waals surface area contributed by atoms with Gasteiger partial charge in [0, 0.05) is 30.4 Å². The molecule has 2 aromatic heterocycles. The molecule has 0 amide bonds. The first kappa shape index (κ1) is 77.1. The van der Waals surface area contributed by atoms with E-state index in [2.05, 4.69) is 96.9 Å². The molecule has 0 saturated carbocycles. The van der Waals surface area contributed by atoms with Crippen molar-refractivity contribution in [3.63, 3.8) is 0 Å². The van der Waals surface area contributed by atoms with Gasteiger partial charge in [0.2, 0.25) is 5.72 Å². The maximum absolute atomic E-state index is 13.1. The zero-order valence-electron chi connectivity index (χ0n) is 57.0. The molecule has 2 N–H and O–H groups in total. The number of aromatic amines is 2. The molecule has 0 aromatic carbocycles. The summed E-state index contributed by atoms with van der Waals surface area (Å²) in [4.78, 5) is 78.9. The van der Waals surface area contributed by atoms with Gasteiger partial charge in [0.05, 0.1) is 26.4 Å². The number of unbranched alkanes of at least 4 members (excludes halogenated alkanes) is 3. The zero-order chi connectivity index (χ0) is 66.7. The second kappa shape index (κ2) is 32.0. The molecule has 88 heavy (non-hydrogen) atoms. The number of fused-ring (bicyclic) bond motifs is 2. The second-order valence-corrected chi connectivity index (χ2v) is 54.6. The van der Waals surface area contributed by atoms with Gasteiger partial charge in [-0.15, -0.1) is 0 Å². The first-order valence-electron chi connectivity index (χ1n) is 32.3. The van der Waals surface area contributed by atoms with E-state index in [1.807, 2.05) is 68.4 Å². The summed E-state index contributed by atoms with van der Waals surface area (Å²) >= 11 is -0.967. The number of rotatable bonds is 20. The Hall–Kier alpha value is -3.37. The molecule has 4 fully saturated rings. The SMILES string of the molecule is CC(C)[Si]1(C(C)C)OC[C@H]2O[C@@](C#N)(n3ccc(=O)[nH]c3=O)[C@@H](C)[C@@H]2O[Si](C(C)C)(C(C)C)O1.CCC[CH2][SnH]([CH2]CCC)[CH2]CCC.COC(=O)C(=O)O[C@]1(C)[C@@H]2O[Si](C(C)C)(C(C)C)O[Si](C(C)C)(C(C)C)OC[C@H]2O[C@@]1(C#N)n1ccc(=O)[nH]c1=O. The molecular formula is C61H108N6O16Si4Sn. The van der Waals surface area contributed by atoms with Crippen molar-refractivity contribution in [1.29, 1.82) is 10.5 Å². The number of H-pyrrole nitrogens is 2. The summed E-state index contributed by atoms with van der Waals surface area (Å²) in [5.74, 6) is -3.26. The van der Waals surface area contributed by atoms with Crippen LogP contribution in [0.2, 0.25) is 57.6 Å². The van der Waals surface area contributed by atoms with Gasteiger partial charge in [-0.1, -0.05) is 118 Å². The van der Waals surface area contributed by atoms with Crippen molar-refractivity contribution in [2.24, 2.45) is 5.92 Å². The number of methoxy groups -OCH3 is 1. The van der Waals surface area contributed by atoms with Crippen LogP contribution in [0.15, 0.2) is 43.7 Å². The van der Waals surface area contributed by atoms with Crippen LogP contribution in [0, 0.1) is 28.6 Å². The Morgan fingerprint density at radius 2 is 1.01 bits per heavy atom. The van der Waals surface area contributed by atoms with E-state index in [9.17, 15) is 39.3 Å². The maximum Gasteiger partial charge on any atom is 0.418 e. The molecule has 4 saturated heterocycles. The summed E-state index contributed by atoms with van der Waals surface area (Å²) in [5, 5.41) is 21.0. The van der Waals surface area contributed by atoms with Crippen LogP contribution in [-0.4, -0.2) is 135 Å². The van der Waals surface area contributed by atoms with Gasteiger partial charge in [-0.05, 0) is 51.3 Å². The molecule has 0 aliphatic carbocycles. The molecule has 8 atom stereocenters. The molecule has 6 rings (SSSR count). The first-order valence-corrected chi connectivity index (χ1v) is 47.1. The summed E-state index contributed by atoms with van der Waals surface area (Å²) in [5.41, 5.74) is -8.71. The number of ether oxygens (including phenoxy) is 4. The predicted molar refractivity (Wildman–Crippen MR) is 349 cm³/mol. The van der Waals surface area contributed by atoms with Crippen molar-refractivity contribution in [1.82, 2.24) is 19.1 Å². The van der Waals surface area contributed by atoms with E-state index >= 15 is 0 Å². The molecule has 22 nitrogen and oxygen atoms in total. The molecule has 4 aliphatic rings. The van der Waals surface area contributed by atoms with Gasteiger partial charge in [0.25, 0.3) is 16.8 Å². The average Bonchev–Trinajstić information content (AvgIpc) is 1.82. The molecule has 4 aliphatic heterocycles. The fraction of sp³-hybridized carbons (Fsp3) is 0.803. The number of hydrogen-bond donors (Lipinski definition) is 2. The Labute approximate surface area is 534 Å². The monoisotopic (exact) mass is 1410 g/mol. The number of nitrogens with one attached hydrogen (secondary N) is 2. The Kier molecular flexibility index (Phi) is 28.0. The van der Waals surface area contributed by atoms with E-state index in [0.717, 1.165) is 28.5 Å². The molecule has 6 heterocycles. The quantitative estimate of drug-likeness (QED) is 0.0707. The van der Waals surface area contributed by atoms with Crippen LogP contribution in [0.1, 0.15) is 184 Å². The molecule has 0 unspecified atom stereocenters. The van der Waals surface area contributed by atoms with Gasteiger partial charge in [0.1, 0.15) is 30.5 Å². The summed E-state index contributed by atoms with van der Waals surface area (Å²) in [6.45, 7) is 43.5. The van der Waals surface area contributed by atoms with Gasteiger partial charge in [-0.3, -0.25) is 28.7 Å². The van der Waals surface area contributed by atoms with Crippen LogP contribution >= 0.6 is 0 Å². The van der Waals surface area contributed by atoms with E-state index < -0.39 is 136 Å². The molecular weight excluding hydrogens is 1300 g/mol.